The number of rotatable bonds is 10. The molecule has 0 aliphatic rings. The highest BCUT2D eigenvalue weighted by atomic mass is 79.9. The molecule has 6 nitrogen and oxygen atoms in total. The van der Waals surface area contributed by atoms with E-state index in [-0.39, 0.29) is 4.90 Å². The van der Waals surface area contributed by atoms with Crippen LogP contribution in [0.1, 0.15) is 22.3 Å². The fraction of sp³-hybridized carbons (Fsp3) is 0.250. The first-order chi connectivity index (χ1) is 15.3. The maximum absolute atomic E-state index is 11.3. The van der Waals surface area contributed by atoms with E-state index in [9.17, 15) is 8.42 Å². The molecule has 0 fully saturated rings. The molecule has 0 radical (unpaired) electrons. The number of halogens is 1. The Kier molecular flexibility index (Phi) is 8.31. The van der Waals surface area contributed by atoms with E-state index in [4.69, 9.17) is 14.6 Å². The monoisotopic (exact) mass is 518 g/mol. The standard InChI is InChI=1S/C24H27BrN2O4S/c1-17-5-3-4-6-19(17)16-31-24-14-22(25)20(13-23(24)30-2)15-27-12-11-18-7-9-21(10-8-18)32(26,28)29/h3-10,13-14,27H,11-12,15-16H2,1-2H3,(H2,26,28,29). The van der Waals surface area contributed by atoms with E-state index in [0.29, 0.717) is 24.7 Å². The topological polar surface area (TPSA) is 90.6 Å². The van der Waals surface area contributed by atoms with Gasteiger partial charge in [0, 0.05) is 11.0 Å². The second-order valence-corrected chi connectivity index (χ2v) is 9.84. The first-order valence-corrected chi connectivity index (χ1v) is 12.5. The predicted molar refractivity (Wildman–Crippen MR) is 129 cm³/mol. The molecule has 0 spiro atoms. The second-order valence-electron chi connectivity index (χ2n) is 7.43. The fourth-order valence-corrected chi connectivity index (χ4v) is 4.19. The van der Waals surface area contributed by atoms with Crippen LogP contribution in [0.3, 0.4) is 0 Å². The lowest BCUT2D eigenvalue weighted by Crippen LogP contribution is -2.17. The second kappa shape index (κ2) is 11.0. The number of benzene rings is 3. The van der Waals surface area contributed by atoms with E-state index in [0.717, 1.165) is 34.1 Å². The maximum atomic E-state index is 11.3. The van der Waals surface area contributed by atoms with Gasteiger partial charge < -0.3 is 14.8 Å². The molecule has 3 N–H and O–H groups in total. The molecule has 0 saturated carbocycles. The number of nitrogens with two attached hydrogens (primary N) is 1. The number of methoxy groups -OCH3 is 1. The van der Waals surface area contributed by atoms with Gasteiger partial charge >= 0.3 is 0 Å². The van der Waals surface area contributed by atoms with Crippen LogP contribution in [0.25, 0.3) is 0 Å². The molecule has 0 aliphatic carbocycles. The smallest absolute Gasteiger partial charge is 0.238 e. The summed E-state index contributed by atoms with van der Waals surface area (Å²) in [7, 11) is -2.03. The first-order valence-electron chi connectivity index (χ1n) is 10.1. The maximum Gasteiger partial charge on any atom is 0.238 e. The Labute approximate surface area is 197 Å². The van der Waals surface area contributed by atoms with Crippen LogP contribution in [0.2, 0.25) is 0 Å². The summed E-state index contributed by atoms with van der Waals surface area (Å²) in [6.45, 7) is 3.91. The molecule has 0 saturated heterocycles. The molecule has 32 heavy (non-hydrogen) atoms. The van der Waals surface area contributed by atoms with Crippen molar-refractivity contribution in [2.45, 2.75) is 31.4 Å². The number of nitrogens with one attached hydrogen (secondary N) is 1. The number of aryl methyl sites for hydroxylation is 1. The van der Waals surface area contributed by atoms with Gasteiger partial charge in [-0.15, -0.1) is 0 Å². The fourth-order valence-electron chi connectivity index (χ4n) is 3.21. The lowest BCUT2D eigenvalue weighted by atomic mass is 10.1. The Balaban J connectivity index is 1.57. The minimum atomic E-state index is -3.66. The van der Waals surface area contributed by atoms with Crippen molar-refractivity contribution in [3.05, 3.63) is 87.4 Å². The molecule has 0 unspecified atom stereocenters. The molecule has 0 heterocycles. The van der Waals surface area contributed by atoms with Crippen molar-refractivity contribution in [2.75, 3.05) is 13.7 Å². The highest BCUT2D eigenvalue weighted by Gasteiger charge is 2.11. The van der Waals surface area contributed by atoms with Crippen LogP contribution in [0.15, 0.2) is 70.0 Å². The lowest BCUT2D eigenvalue weighted by molar-refractivity contribution is 0.283. The normalized spacial score (nSPS) is 11.4. The van der Waals surface area contributed by atoms with E-state index in [1.807, 2.05) is 24.3 Å². The summed E-state index contributed by atoms with van der Waals surface area (Å²) < 4.78 is 35.2. The quantitative estimate of drug-likeness (QED) is 0.390. The third kappa shape index (κ3) is 6.56. The zero-order chi connectivity index (χ0) is 23.1. The molecule has 0 bridgehead atoms. The van der Waals surface area contributed by atoms with Gasteiger partial charge in [0.05, 0.1) is 12.0 Å². The van der Waals surface area contributed by atoms with Gasteiger partial charge in [0.1, 0.15) is 6.61 Å². The highest BCUT2D eigenvalue weighted by molar-refractivity contribution is 9.10. The van der Waals surface area contributed by atoms with Crippen molar-refractivity contribution in [3.63, 3.8) is 0 Å². The number of hydrogen-bond donors (Lipinski definition) is 2. The van der Waals surface area contributed by atoms with Gasteiger partial charge in [-0.1, -0.05) is 52.3 Å². The van der Waals surface area contributed by atoms with E-state index in [1.165, 1.54) is 17.7 Å². The molecule has 3 rings (SSSR count). The molecule has 0 amide bonds. The number of ether oxygens (including phenoxy) is 2. The molecule has 8 heteroatoms. The summed E-state index contributed by atoms with van der Waals surface area (Å²) in [4.78, 5) is 0.120. The van der Waals surface area contributed by atoms with Crippen LogP contribution in [0.4, 0.5) is 0 Å². The Morgan fingerprint density at radius 1 is 1.00 bits per heavy atom. The van der Waals surface area contributed by atoms with Gasteiger partial charge in [-0.3, -0.25) is 0 Å². The minimum Gasteiger partial charge on any atom is -0.493 e. The predicted octanol–water partition coefficient (Wildman–Crippen LogP) is 4.32. The average Bonchev–Trinajstić information content (AvgIpc) is 2.77. The van der Waals surface area contributed by atoms with Crippen molar-refractivity contribution in [3.8, 4) is 11.5 Å². The van der Waals surface area contributed by atoms with Crippen LogP contribution in [0, 0.1) is 6.92 Å². The highest BCUT2D eigenvalue weighted by Crippen LogP contribution is 2.34. The average molecular weight is 519 g/mol. The van der Waals surface area contributed by atoms with Crippen molar-refractivity contribution < 1.29 is 17.9 Å². The molecule has 0 aromatic heterocycles. The summed E-state index contributed by atoms with van der Waals surface area (Å²) >= 11 is 3.63. The van der Waals surface area contributed by atoms with Crippen LogP contribution in [0.5, 0.6) is 11.5 Å². The molecule has 3 aromatic rings. The summed E-state index contributed by atoms with van der Waals surface area (Å²) in [5.41, 5.74) is 4.40. The van der Waals surface area contributed by atoms with E-state index < -0.39 is 10.0 Å². The third-order valence-corrected chi connectivity index (χ3v) is 6.80. The van der Waals surface area contributed by atoms with E-state index in [1.54, 1.807) is 19.2 Å². The Morgan fingerprint density at radius 3 is 2.38 bits per heavy atom. The number of sulfonamides is 1. The largest absolute Gasteiger partial charge is 0.493 e. The number of primary sulfonamides is 1. The van der Waals surface area contributed by atoms with Gasteiger partial charge in [-0.25, -0.2) is 13.6 Å². The van der Waals surface area contributed by atoms with Crippen molar-refractivity contribution in [1.29, 1.82) is 0 Å². The first kappa shape index (κ1) is 24.3. The van der Waals surface area contributed by atoms with Crippen LogP contribution < -0.4 is 19.9 Å². The van der Waals surface area contributed by atoms with E-state index >= 15 is 0 Å². The Bertz CT molecular complexity index is 1170. The van der Waals surface area contributed by atoms with E-state index in [2.05, 4.69) is 40.3 Å². The Hall–Kier alpha value is -2.39. The van der Waals surface area contributed by atoms with Gasteiger partial charge in [0.15, 0.2) is 11.5 Å². The van der Waals surface area contributed by atoms with Gasteiger partial charge in [0.25, 0.3) is 0 Å². The lowest BCUT2D eigenvalue weighted by Gasteiger charge is -2.15. The summed E-state index contributed by atoms with van der Waals surface area (Å²) in [6.07, 6.45) is 0.761. The van der Waals surface area contributed by atoms with Crippen molar-refractivity contribution in [2.24, 2.45) is 5.14 Å². The molecular formula is C24H27BrN2O4S. The van der Waals surface area contributed by atoms with Crippen molar-refractivity contribution >= 4 is 26.0 Å². The molecule has 170 valence electrons. The van der Waals surface area contributed by atoms with Crippen LogP contribution in [-0.4, -0.2) is 22.1 Å². The Morgan fingerprint density at radius 2 is 1.72 bits per heavy atom. The van der Waals surface area contributed by atoms with Crippen molar-refractivity contribution in [1.82, 2.24) is 5.32 Å². The summed E-state index contributed by atoms with van der Waals surface area (Å²) in [5, 5.41) is 8.54. The summed E-state index contributed by atoms with van der Waals surface area (Å²) in [6, 6.07) is 18.6. The zero-order valence-electron chi connectivity index (χ0n) is 18.1. The molecular weight excluding hydrogens is 492 g/mol. The van der Waals surface area contributed by atoms with Crippen LogP contribution in [-0.2, 0) is 29.6 Å². The number of hydrogen-bond acceptors (Lipinski definition) is 5. The molecule has 0 atom stereocenters. The SMILES string of the molecule is COc1cc(CNCCc2ccc(S(N)(=O)=O)cc2)c(Br)cc1OCc1ccccc1C. The third-order valence-electron chi connectivity index (χ3n) is 5.13. The molecule has 0 aliphatic heterocycles. The summed E-state index contributed by atoms with van der Waals surface area (Å²) in [5.74, 6) is 1.36. The minimum absolute atomic E-state index is 0.120. The van der Waals surface area contributed by atoms with Crippen LogP contribution >= 0.6 is 15.9 Å². The van der Waals surface area contributed by atoms with Gasteiger partial charge in [-0.2, -0.15) is 0 Å². The zero-order valence-corrected chi connectivity index (χ0v) is 20.5. The molecule has 3 aromatic carbocycles. The van der Waals surface area contributed by atoms with Gasteiger partial charge in [0.2, 0.25) is 10.0 Å². The van der Waals surface area contributed by atoms with Gasteiger partial charge in [-0.05, 0) is 66.4 Å².